The molecule has 1 radical (unpaired) electrons. The Morgan fingerprint density at radius 1 is 1.50 bits per heavy atom. The highest BCUT2D eigenvalue weighted by atomic mass is 19.1. The van der Waals surface area contributed by atoms with Crippen LogP contribution in [0.1, 0.15) is 11.1 Å². The summed E-state index contributed by atoms with van der Waals surface area (Å²) in [5, 5.41) is 0. The van der Waals surface area contributed by atoms with Gasteiger partial charge in [0.25, 0.3) is 0 Å². The minimum absolute atomic E-state index is 0.181. The molecule has 0 atom stereocenters. The molecule has 0 saturated heterocycles. The minimum atomic E-state index is -0.181. The molecule has 0 saturated carbocycles. The molecule has 0 fully saturated rings. The van der Waals surface area contributed by atoms with Gasteiger partial charge < -0.3 is 0 Å². The Kier molecular flexibility index (Phi) is 1.86. The third kappa shape index (κ3) is 1.24. The SMILES string of the molecule is C=[C]c1ccc(F)c(C)c1. The van der Waals surface area contributed by atoms with Crippen LogP contribution in [0.2, 0.25) is 0 Å². The Labute approximate surface area is 60.0 Å². The first kappa shape index (κ1) is 7.00. The van der Waals surface area contributed by atoms with Crippen molar-refractivity contribution in [2.45, 2.75) is 6.92 Å². The number of aryl methyl sites for hydroxylation is 1. The monoisotopic (exact) mass is 135 g/mol. The normalized spacial score (nSPS) is 9.40. The lowest BCUT2D eigenvalue weighted by Crippen LogP contribution is -1.82. The van der Waals surface area contributed by atoms with E-state index in [0.29, 0.717) is 5.56 Å². The Morgan fingerprint density at radius 3 is 2.70 bits per heavy atom. The zero-order valence-electron chi connectivity index (χ0n) is 5.82. The van der Waals surface area contributed by atoms with Crippen LogP contribution in [-0.4, -0.2) is 0 Å². The molecule has 1 heteroatoms. The van der Waals surface area contributed by atoms with Crippen LogP contribution in [0.15, 0.2) is 24.8 Å². The van der Waals surface area contributed by atoms with Crippen LogP contribution in [0.5, 0.6) is 0 Å². The molecule has 0 N–H and O–H groups in total. The first-order valence-electron chi connectivity index (χ1n) is 3.03. The average molecular weight is 135 g/mol. The second-order valence-electron chi connectivity index (χ2n) is 2.14. The molecule has 0 nitrogen and oxygen atoms in total. The zero-order valence-corrected chi connectivity index (χ0v) is 5.82. The van der Waals surface area contributed by atoms with Gasteiger partial charge in [0, 0.05) is 0 Å². The average Bonchev–Trinajstić information content (AvgIpc) is 1.95. The quantitative estimate of drug-likeness (QED) is 0.555. The van der Waals surface area contributed by atoms with Gasteiger partial charge in [-0.15, -0.1) is 0 Å². The highest BCUT2D eigenvalue weighted by Gasteiger charge is 1.94. The van der Waals surface area contributed by atoms with E-state index in [1.54, 1.807) is 19.1 Å². The van der Waals surface area contributed by atoms with Crippen LogP contribution in [-0.2, 0) is 0 Å². The van der Waals surface area contributed by atoms with E-state index in [9.17, 15) is 4.39 Å². The predicted octanol–water partition coefficient (Wildman–Crippen LogP) is 2.47. The maximum atomic E-state index is 12.6. The summed E-state index contributed by atoms with van der Waals surface area (Å²) in [4.78, 5) is 0. The fourth-order valence-corrected chi connectivity index (χ4v) is 0.755. The van der Waals surface area contributed by atoms with E-state index < -0.39 is 0 Å². The van der Waals surface area contributed by atoms with E-state index in [-0.39, 0.29) is 5.82 Å². The molecule has 1 aromatic rings. The van der Waals surface area contributed by atoms with Gasteiger partial charge in [-0.05, 0) is 36.3 Å². The first-order chi connectivity index (χ1) is 4.74. The highest BCUT2D eigenvalue weighted by Crippen LogP contribution is 2.08. The van der Waals surface area contributed by atoms with Crippen molar-refractivity contribution >= 4 is 0 Å². The standard InChI is InChI=1S/C9H8F/c1-3-8-4-5-9(10)7(2)6-8/h4-6H,1H2,2H3. The van der Waals surface area contributed by atoms with Crippen molar-refractivity contribution in [3.8, 4) is 0 Å². The minimum Gasteiger partial charge on any atom is -0.207 e. The van der Waals surface area contributed by atoms with Gasteiger partial charge in [0.2, 0.25) is 0 Å². The molecule has 0 aromatic heterocycles. The molecule has 10 heavy (non-hydrogen) atoms. The Balaban J connectivity index is 3.16. The molecule has 0 aliphatic rings. The van der Waals surface area contributed by atoms with Gasteiger partial charge in [0.1, 0.15) is 5.82 Å². The van der Waals surface area contributed by atoms with Crippen molar-refractivity contribution in [3.05, 3.63) is 47.8 Å². The van der Waals surface area contributed by atoms with Gasteiger partial charge in [-0.25, -0.2) is 4.39 Å². The molecule has 51 valence electrons. The van der Waals surface area contributed by atoms with Crippen LogP contribution in [0, 0.1) is 18.8 Å². The Hall–Kier alpha value is -1.11. The molecule has 0 spiro atoms. The van der Waals surface area contributed by atoms with Gasteiger partial charge in [-0.2, -0.15) is 0 Å². The zero-order chi connectivity index (χ0) is 7.56. The van der Waals surface area contributed by atoms with Crippen LogP contribution in [0.4, 0.5) is 4.39 Å². The second-order valence-corrected chi connectivity index (χ2v) is 2.14. The lowest BCUT2D eigenvalue weighted by atomic mass is 10.1. The maximum Gasteiger partial charge on any atom is 0.126 e. The fourth-order valence-electron chi connectivity index (χ4n) is 0.755. The van der Waals surface area contributed by atoms with Crippen molar-refractivity contribution in [1.29, 1.82) is 0 Å². The van der Waals surface area contributed by atoms with E-state index in [1.165, 1.54) is 6.07 Å². The van der Waals surface area contributed by atoms with Gasteiger partial charge in [-0.1, -0.05) is 12.6 Å². The molecule has 0 heterocycles. The summed E-state index contributed by atoms with van der Waals surface area (Å²) in [7, 11) is 0. The van der Waals surface area contributed by atoms with E-state index in [2.05, 4.69) is 12.7 Å². The number of hydrogen-bond acceptors (Lipinski definition) is 0. The number of benzene rings is 1. The van der Waals surface area contributed by atoms with E-state index in [4.69, 9.17) is 0 Å². The third-order valence-corrected chi connectivity index (χ3v) is 1.36. The lowest BCUT2D eigenvalue weighted by molar-refractivity contribution is 0.618. The molecule has 1 aromatic carbocycles. The van der Waals surface area contributed by atoms with Crippen LogP contribution < -0.4 is 0 Å². The smallest absolute Gasteiger partial charge is 0.126 e. The summed E-state index contributed by atoms with van der Waals surface area (Å²) >= 11 is 0. The highest BCUT2D eigenvalue weighted by molar-refractivity contribution is 5.27. The summed E-state index contributed by atoms with van der Waals surface area (Å²) in [5.74, 6) is -0.181. The molecule has 0 aliphatic carbocycles. The summed E-state index contributed by atoms with van der Waals surface area (Å²) < 4.78 is 12.6. The van der Waals surface area contributed by atoms with Gasteiger partial charge >= 0.3 is 0 Å². The second kappa shape index (κ2) is 2.65. The molecule has 0 bridgehead atoms. The predicted molar refractivity (Wildman–Crippen MR) is 39.1 cm³/mol. The van der Waals surface area contributed by atoms with E-state index in [1.807, 2.05) is 0 Å². The van der Waals surface area contributed by atoms with E-state index >= 15 is 0 Å². The van der Waals surface area contributed by atoms with Crippen molar-refractivity contribution in [3.63, 3.8) is 0 Å². The molecular weight excluding hydrogens is 127 g/mol. The maximum absolute atomic E-state index is 12.6. The Morgan fingerprint density at radius 2 is 2.20 bits per heavy atom. The lowest BCUT2D eigenvalue weighted by Gasteiger charge is -1.95. The fraction of sp³-hybridized carbons (Fsp3) is 0.111. The molecule has 1 rings (SSSR count). The topological polar surface area (TPSA) is 0 Å². The van der Waals surface area contributed by atoms with Crippen molar-refractivity contribution in [1.82, 2.24) is 0 Å². The largest absolute Gasteiger partial charge is 0.207 e. The summed E-state index contributed by atoms with van der Waals surface area (Å²) in [6.07, 6.45) is 2.68. The molecule has 0 aliphatic heterocycles. The molecule has 0 amide bonds. The first-order valence-corrected chi connectivity index (χ1v) is 3.03. The molecular formula is C9H8F. The van der Waals surface area contributed by atoms with Gasteiger partial charge in [0.05, 0.1) is 0 Å². The number of halogens is 1. The van der Waals surface area contributed by atoms with Gasteiger partial charge in [0.15, 0.2) is 0 Å². The van der Waals surface area contributed by atoms with Crippen LogP contribution >= 0.6 is 0 Å². The number of hydrogen-bond donors (Lipinski definition) is 0. The van der Waals surface area contributed by atoms with Gasteiger partial charge in [-0.3, -0.25) is 0 Å². The molecule has 0 unspecified atom stereocenters. The summed E-state index contributed by atoms with van der Waals surface area (Å²) in [6, 6.07) is 4.78. The van der Waals surface area contributed by atoms with Crippen LogP contribution in [0.3, 0.4) is 0 Å². The third-order valence-electron chi connectivity index (χ3n) is 1.36. The summed E-state index contributed by atoms with van der Waals surface area (Å²) in [6.45, 7) is 5.17. The Bertz CT molecular complexity index is 251. The van der Waals surface area contributed by atoms with E-state index in [0.717, 1.165) is 5.56 Å². The van der Waals surface area contributed by atoms with Crippen LogP contribution in [0.25, 0.3) is 0 Å². The van der Waals surface area contributed by atoms with Crippen molar-refractivity contribution in [2.24, 2.45) is 0 Å². The number of rotatable bonds is 1. The summed E-state index contributed by atoms with van der Waals surface area (Å²) in [5.41, 5.74) is 1.47. The van der Waals surface area contributed by atoms with Crippen molar-refractivity contribution < 1.29 is 4.39 Å². The van der Waals surface area contributed by atoms with Crippen molar-refractivity contribution in [2.75, 3.05) is 0 Å².